The molecule has 2 saturated heterocycles. The fourth-order valence-corrected chi connectivity index (χ4v) is 4.23. The molecule has 2 fully saturated rings. The van der Waals surface area contributed by atoms with Gasteiger partial charge in [0.1, 0.15) is 0 Å². The van der Waals surface area contributed by atoms with E-state index in [1.807, 2.05) is 41.3 Å². The van der Waals surface area contributed by atoms with Crippen molar-refractivity contribution >= 4 is 11.8 Å². The third-order valence-electron chi connectivity index (χ3n) is 6.04. The Labute approximate surface area is 149 Å². The largest absolute Gasteiger partial charge is 0.383 e. The molecule has 0 bridgehead atoms. The van der Waals surface area contributed by atoms with Crippen LogP contribution in [-0.4, -0.2) is 66.1 Å². The lowest BCUT2D eigenvalue weighted by Gasteiger charge is -2.39. The highest BCUT2D eigenvalue weighted by atomic mass is 16.5. The normalized spacial score (nSPS) is 23.8. The van der Waals surface area contributed by atoms with Crippen LogP contribution in [0.5, 0.6) is 0 Å². The van der Waals surface area contributed by atoms with Crippen molar-refractivity contribution in [3.8, 4) is 0 Å². The second-order valence-electron chi connectivity index (χ2n) is 7.49. The van der Waals surface area contributed by atoms with Crippen molar-refractivity contribution in [2.45, 2.75) is 33.1 Å². The summed E-state index contributed by atoms with van der Waals surface area (Å²) < 4.78 is 7.17. The van der Waals surface area contributed by atoms with Crippen molar-refractivity contribution in [3.63, 3.8) is 0 Å². The molecule has 0 unspecified atom stereocenters. The van der Waals surface area contributed by atoms with Crippen LogP contribution in [0, 0.1) is 19.3 Å². The van der Waals surface area contributed by atoms with E-state index in [1.54, 1.807) is 7.11 Å². The Kier molecular flexibility index (Phi) is 4.91. The molecule has 0 aliphatic carbocycles. The van der Waals surface area contributed by atoms with Gasteiger partial charge in [-0.3, -0.25) is 9.59 Å². The summed E-state index contributed by atoms with van der Waals surface area (Å²) >= 11 is 0. The number of likely N-dealkylation sites (tertiary alicyclic amines) is 2. The number of piperidine rings is 1. The summed E-state index contributed by atoms with van der Waals surface area (Å²) in [5.41, 5.74) is 2.44. The lowest BCUT2D eigenvalue weighted by molar-refractivity contribution is -0.146. The van der Waals surface area contributed by atoms with Crippen LogP contribution >= 0.6 is 0 Å². The summed E-state index contributed by atoms with van der Waals surface area (Å²) in [7, 11) is 3.63. The van der Waals surface area contributed by atoms with Crippen LogP contribution in [0.4, 0.5) is 0 Å². The average Bonchev–Trinajstić information content (AvgIpc) is 3.14. The number of hydrogen-bond donors (Lipinski definition) is 0. The molecule has 138 valence electrons. The minimum absolute atomic E-state index is 0.0555. The molecule has 2 aliphatic rings. The second-order valence-corrected chi connectivity index (χ2v) is 7.49. The van der Waals surface area contributed by atoms with E-state index in [-0.39, 0.29) is 17.2 Å². The van der Waals surface area contributed by atoms with Gasteiger partial charge in [0.15, 0.2) is 0 Å². The second kappa shape index (κ2) is 6.83. The lowest BCUT2D eigenvalue weighted by Crippen LogP contribution is -2.51. The standard InChI is InChI=1S/C19H29N3O3/c1-14-12-16(15(2)20(14)3)17(23)22-9-7-19(13-22)6-5-8-21(18(19)24)10-11-25-4/h12H,5-11,13H2,1-4H3/t19-/m0/s1. The highest BCUT2D eigenvalue weighted by Crippen LogP contribution is 2.40. The monoisotopic (exact) mass is 347 g/mol. The van der Waals surface area contributed by atoms with Crippen molar-refractivity contribution < 1.29 is 14.3 Å². The molecule has 1 aromatic rings. The molecule has 0 saturated carbocycles. The van der Waals surface area contributed by atoms with Gasteiger partial charge in [-0.25, -0.2) is 0 Å². The number of aromatic nitrogens is 1. The molecule has 1 atom stereocenters. The molecule has 2 amide bonds. The van der Waals surface area contributed by atoms with Crippen molar-refractivity contribution in [2.75, 3.05) is 39.9 Å². The van der Waals surface area contributed by atoms with Crippen molar-refractivity contribution in [1.82, 2.24) is 14.4 Å². The van der Waals surface area contributed by atoms with Crippen LogP contribution in [-0.2, 0) is 16.6 Å². The zero-order valence-corrected chi connectivity index (χ0v) is 15.8. The minimum atomic E-state index is -0.390. The molecular formula is C19H29N3O3. The smallest absolute Gasteiger partial charge is 0.255 e. The molecule has 25 heavy (non-hydrogen) atoms. The average molecular weight is 347 g/mol. The van der Waals surface area contributed by atoms with E-state index in [1.165, 1.54) is 0 Å². The van der Waals surface area contributed by atoms with Crippen LogP contribution in [0.1, 0.15) is 41.0 Å². The predicted octanol–water partition coefficient (Wildman–Crippen LogP) is 1.74. The van der Waals surface area contributed by atoms with Gasteiger partial charge in [0.2, 0.25) is 5.91 Å². The van der Waals surface area contributed by atoms with E-state index < -0.39 is 0 Å². The molecule has 2 aliphatic heterocycles. The molecule has 6 heteroatoms. The molecule has 3 heterocycles. The van der Waals surface area contributed by atoms with E-state index in [0.717, 1.165) is 42.8 Å². The number of rotatable bonds is 4. The summed E-state index contributed by atoms with van der Waals surface area (Å²) in [6, 6.07) is 1.95. The first-order valence-electron chi connectivity index (χ1n) is 9.10. The van der Waals surface area contributed by atoms with Gasteiger partial charge < -0.3 is 19.1 Å². The number of ether oxygens (including phenoxy) is 1. The van der Waals surface area contributed by atoms with Crippen LogP contribution in [0.3, 0.4) is 0 Å². The predicted molar refractivity (Wildman–Crippen MR) is 95.5 cm³/mol. The molecule has 0 radical (unpaired) electrons. The molecule has 1 spiro atoms. The molecule has 0 aromatic carbocycles. The van der Waals surface area contributed by atoms with Gasteiger partial charge in [-0.15, -0.1) is 0 Å². The Morgan fingerprint density at radius 1 is 1.28 bits per heavy atom. The van der Waals surface area contributed by atoms with Crippen LogP contribution < -0.4 is 0 Å². The maximum Gasteiger partial charge on any atom is 0.255 e. The molecule has 1 aromatic heterocycles. The molecule has 3 rings (SSSR count). The number of carbonyl (C=O) groups excluding carboxylic acids is 2. The number of hydrogen-bond acceptors (Lipinski definition) is 3. The number of aryl methyl sites for hydroxylation is 1. The van der Waals surface area contributed by atoms with Crippen molar-refractivity contribution in [2.24, 2.45) is 12.5 Å². The zero-order chi connectivity index (χ0) is 18.2. The fourth-order valence-electron chi connectivity index (χ4n) is 4.23. The summed E-state index contributed by atoms with van der Waals surface area (Å²) in [5, 5.41) is 0. The van der Waals surface area contributed by atoms with E-state index in [4.69, 9.17) is 4.74 Å². The van der Waals surface area contributed by atoms with Crippen molar-refractivity contribution in [3.05, 3.63) is 23.0 Å². The van der Waals surface area contributed by atoms with E-state index in [2.05, 4.69) is 0 Å². The third kappa shape index (κ3) is 3.08. The number of nitrogens with zero attached hydrogens (tertiary/aromatic N) is 3. The number of methoxy groups -OCH3 is 1. The van der Waals surface area contributed by atoms with Crippen molar-refractivity contribution in [1.29, 1.82) is 0 Å². The zero-order valence-electron chi connectivity index (χ0n) is 15.8. The number of carbonyl (C=O) groups is 2. The highest BCUT2D eigenvalue weighted by molar-refractivity contribution is 5.97. The first-order valence-corrected chi connectivity index (χ1v) is 9.10. The van der Waals surface area contributed by atoms with Gasteiger partial charge in [-0.2, -0.15) is 0 Å². The first-order chi connectivity index (χ1) is 11.9. The molecular weight excluding hydrogens is 318 g/mol. The topological polar surface area (TPSA) is 54.8 Å². The molecule has 6 nitrogen and oxygen atoms in total. The summed E-state index contributed by atoms with van der Waals surface area (Å²) in [6.07, 6.45) is 2.65. The van der Waals surface area contributed by atoms with E-state index in [9.17, 15) is 9.59 Å². The quantitative estimate of drug-likeness (QED) is 0.834. The SMILES string of the molecule is COCCN1CCC[C@@]2(CCN(C(=O)c3cc(C)n(C)c3C)C2)C1=O. The Bertz CT molecular complexity index is 682. The van der Waals surface area contributed by atoms with E-state index in [0.29, 0.717) is 26.2 Å². The van der Waals surface area contributed by atoms with E-state index >= 15 is 0 Å². The van der Waals surface area contributed by atoms with Gasteiger partial charge in [-0.1, -0.05) is 0 Å². The number of amides is 2. The highest BCUT2D eigenvalue weighted by Gasteiger charge is 2.49. The maximum absolute atomic E-state index is 13.0. The Balaban J connectivity index is 1.75. The summed E-state index contributed by atoms with van der Waals surface area (Å²) in [5.74, 6) is 0.256. The van der Waals surface area contributed by atoms with Gasteiger partial charge in [-0.05, 0) is 39.2 Å². The first kappa shape index (κ1) is 18.0. The van der Waals surface area contributed by atoms with Gasteiger partial charge in [0.05, 0.1) is 17.6 Å². The van der Waals surface area contributed by atoms with Gasteiger partial charge in [0.25, 0.3) is 5.91 Å². The lowest BCUT2D eigenvalue weighted by atomic mass is 9.78. The fraction of sp³-hybridized carbons (Fsp3) is 0.684. The molecule has 0 N–H and O–H groups in total. The Morgan fingerprint density at radius 3 is 2.68 bits per heavy atom. The van der Waals surface area contributed by atoms with Gasteiger partial charge in [0, 0.05) is 51.7 Å². The van der Waals surface area contributed by atoms with Crippen LogP contribution in [0.2, 0.25) is 0 Å². The summed E-state index contributed by atoms with van der Waals surface area (Å²) in [4.78, 5) is 29.8. The van der Waals surface area contributed by atoms with Gasteiger partial charge >= 0.3 is 0 Å². The summed E-state index contributed by atoms with van der Waals surface area (Å²) in [6.45, 7) is 7.19. The minimum Gasteiger partial charge on any atom is -0.383 e. The maximum atomic E-state index is 13.0. The Hall–Kier alpha value is -1.82. The van der Waals surface area contributed by atoms with Crippen LogP contribution in [0.25, 0.3) is 0 Å². The van der Waals surface area contributed by atoms with Crippen LogP contribution in [0.15, 0.2) is 6.07 Å². The third-order valence-corrected chi connectivity index (χ3v) is 6.04. The Morgan fingerprint density at radius 2 is 2.04 bits per heavy atom.